The van der Waals surface area contributed by atoms with Gasteiger partial charge >= 0.3 is 0 Å². The zero-order valence-corrected chi connectivity index (χ0v) is 8.82. The highest BCUT2D eigenvalue weighted by atomic mass is 16.6. The third-order valence-electron chi connectivity index (χ3n) is 3.30. The van der Waals surface area contributed by atoms with E-state index in [0.717, 1.165) is 12.2 Å². The van der Waals surface area contributed by atoms with Crippen molar-refractivity contribution in [2.75, 3.05) is 0 Å². The third kappa shape index (κ3) is 2.24. The van der Waals surface area contributed by atoms with Gasteiger partial charge < -0.3 is 9.15 Å². The molecule has 3 unspecified atom stereocenters. The first-order chi connectivity index (χ1) is 7.42. The summed E-state index contributed by atoms with van der Waals surface area (Å²) in [6.45, 7) is 0. The lowest BCUT2D eigenvalue weighted by molar-refractivity contribution is 0.318. The van der Waals surface area contributed by atoms with Gasteiger partial charge in [0, 0.05) is 12.5 Å². The van der Waals surface area contributed by atoms with Gasteiger partial charge in [-0.05, 0) is 25.0 Å². The van der Waals surface area contributed by atoms with E-state index in [0.29, 0.717) is 18.4 Å². The van der Waals surface area contributed by atoms with Gasteiger partial charge in [0.05, 0.1) is 12.4 Å². The first-order valence-corrected chi connectivity index (χ1v) is 5.86. The largest absolute Gasteiger partial charge is 0.469 e. The monoisotopic (exact) mass is 207 g/mol. The highest BCUT2D eigenvalue weighted by Gasteiger charge is 2.40. The summed E-state index contributed by atoms with van der Waals surface area (Å²) in [6, 6.07) is 4.52. The number of fused-ring (bicyclic) bond motifs is 1. The molecule has 15 heavy (non-hydrogen) atoms. The number of ether oxygens (including phenoxy) is 1. The molecule has 2 fully saturated rings. The van der Waals surface area contributed by atoms with Gasteiger partial charge in [-0.2, -0.15) is 0 Å². The quantitative estimate of drug-likeness (QED) is 0.754. The van der Waals surface area contributed by atoms with E-state index in [2.05, 4.69) is 5.32 Å². The first kappa shape index (κ1) is 9.43. The van der Waals surface area contributed by atoms with Crippen LogP contribution in [-0.4, -0.2) is 18.4 Å². The molecule has 0 radical (unpaired) electrons. The van der Waals surface area contributed by atoms with E-state index < -0.39 is 0 Å². The van der Waals surface area contributed by atoms with Crippen molar-refractivity contribution in [1.82, 2.24) is 5.32 Å². The Labute approximate surface area is 89.8 Å². The van der Waals surface area contributed by atoms with Crippen LogP contribution in [0.1, 0.15) is 31.4 Å². The number of nitrogens with one attached hydrogen (secondary N) is 1. The lowest BCUT2D eigenvalue weighted by Gasteiger charge is -2.18. The fourth-order valence-electron chi connectivity index (χ4n) is 2.39. The van der Waals surface area contributed by atoms with E-state index in [1.165, 1.54) is 25.7 Å². The van der Waals surface area contributed by atoms with Gasteiger partial charge in [0.2, 0.25) is 0 Å². The molecule has 3 heterocycles. The van der Waals surface area contributed by atoms with E-state index in [-0.39, 0.29) is 0 Å². The Hall–Kier alpha value is -0.800. The number of rotatable bonds is 2. The molecule has 82 valence electrons. The topological polar surface area (TPSA) is 37.7 Å². The number of hydrogen-bond acceptors (Lipinski definition) is 3. The van der Waals surface area contributed by atoms with E-state index in [1.807, 2.05) is 12.1 Å². The van der Waals surface area contributed by atoms with E-state index in [9.17, 15) is 0 Å². The van der Waals surface area contributed by atoms with Crippen LogP contribution in [0.3, 0.4) is 0 Å². The summed E-state index contributed by atoms with van der Waals surface area (Å²) in [4.78, 5) is 0. The predicted octanol–water partition coefficient (Wildman–Crippen LogP) is 2.08. The molecule has 0 aliphatic carbocycles. The minimum absolute atomic E-state index is 0.324. The number of epoxide rings is 1. The third-order valence-corrected chi connectivity index (χ3v) is 3.30. The van der Waals surface area contributed by atoms with Crippen LogP contribution in [0.15, 0.2) is 22.8 Å². The van der Waals surface area contributed by atoms with Crippen molar-refractivity contribution in [2.45, 2.75) is 50.5 Å². The maximum atomic E-state index is 5.55. The lowest BCUT2D eigenvalue weighted by atomic mass is 10.0. The van der Waals surface area contributed by atoms with Gasteiger partial charge in [-0.15, -0.1) is 0 Å². The van der Waals surface area contributed by atoms with Gasteiger partial charge in [-0.3, -0.25) is 5.32 Å². The molecule has 1 aromatic rings. The molecule has 0 aromatic carbocycles. The van der Waals surface area contributed by atoms with Gasteiger partial charge in [0.1, 0.15) is 12.0 Å². The first-order valence-electron chi connectivity index (χ1n) is 5.86. The fraction of sp³-hybridized carbons (Fsp3) is 0.667. The zero-order valence-electron chi connectivity index (χ0n) is 8.82. The van der Waals surface area contributed by atoms with Crippen molar-refractivity contribution in [3.05, 3.63) is 24.2 Å². The molecule has 1 aromatic heterocycles. The molecular formula is C12H17NO2. The average Bonchev–Trinajstić information content (AvgIpc) is 2.75. The van der Waals surface area contributed by atoms with Crippen LogP contribution in [0.2, 0.25) is 0 Å². The van der Waals surface area contributed by atoms with Crippen LogP contribution in [-0.2, 0) is 11.2 Å². The minimum Gasteiger partial charge on any atom is -0.469 e. The fourth-order valence-corrected chi connectivity index (χ4v) is 2.39. The zero-order chi connectivity index (χ0) is 10.1. The predicted molar refractivity (Wildman–Crippen MR) is 56.5 cm³/mol. The molecule has 3 nitrogen and oxygen atoms in total. The number of hydrogen-bond donors (Lipinski definition) is 1. The Bertz CT molecular complexity index is 309. The molecule has 1 N–H and O–H groups in total. The molecule has 3 heteroatoms. The van der Waals surface area contributed by atoms with Gasteiger partial charge in [0.25, 0.3) is 0 Å². The smallest absolute Gasteiger partial charge is 0.135 e. The van der Waals surface area contributed by atoms with Crippen molar-refractivity contribution in [3.63, 3.8) is 0 Å². The molecule has 0 saturated carbocycles. The Morgan fingerprint density at radius 1 is 1.33 bits per heavy atom. The van der Waals surface area contributed by atoms with E-state index in [1.54, 1.807) is 6.26 Å². The summed E-state index contributed by atoms with van der Waals surface area (Å²) in [5.74, 6) is 1.07. The summed E-state index contributed by atoms with van der Waals surface area (Å²) in [6.07, 6.45) is 8.60. The molecule has 2 aliphatic rings. The Balaban J connectivity index is 1.59. The molecule has 3 atom stereocenters. The molecular weight excluding hydrogens is 190 g/mol. The van der Waals surface area contributed by atoms with E-state index in [4.69, 9.17) is 9.15 Å². The van der Waals surface area contributed by atoms with E-state index >= 15 is 0 Å². The van der Waals surface area contributed by atoms with Crippen molar-refractivity contribution in [2.24, 2.45) is 0 Å². The molecule has 2 saturated heterocycles. The maximum Gasteiger partial charge on any atom is 0.135 e. The second kappa shape index (κ2) is 3.99. The number of furan rings is 1. The normalized spacial score (nSPS) is 35.3. The molecule has 0 bridgehead atoms. The molecule has 0 amide bonds. The highest BCUT2D eigenvalue weighted by molar-refractivity contribution is 5.01. The Morgan fingerprint density at radius 3 is 3.13 bits per heavy atom. The summed E-state index contributed by atoms with van der Waals surface area (Å²) >= 11 is 0. The molecule has 3 rings (SSSR count). The maximum absolute atomic E-state index is 5.55. The molecule has 2 aliphatic heterocycles. The van der Waals surface area contributed by atoms with Crippen LogP contribution in [0, 0.1) is 0 Å². The van der Waals surface area contributed by atoms with Gasteiger partial charge in [-0.25, -0.2) is 0 Å². The van der Waals surface area contributed by atoms with Crippen LogP contribution < -0.4 is 5.32 Å². The Morgan fingerprint density at radius 2 is 2.27 bits per heavy atom. The second-order valence-corrected chi connectivity index (χ2v) is 4.53. The standard InChI is InChI=1S/C12H17NO2/c1-2-6-11-12(15-11)13-9(4-1)8-10-5-3-7-14-10/h3,5,7,9,11-13H,1-2,4,6,8H2. The van der Waals surface area contributed by atoms with Crippen molar-refractivity contribution >= 4 is 0 Å². The van der Waals surface area contributed by atoms with Crippen molar-refractivity contribution in [3.8, 4) is 0 Å². The summed E-state index contributed by atoms with van der Waals surface area (Å²) in [5, 5.41) is 3.55. The van der Waals surface area contributed by atoms with Crippen molar-refractivity contribution < 1.29 is 9.15 Å². The van der Waals surface area contributed by atoms with Crippen molar-refractivity contribution in [1.29, 1.82) is 0 Å². The van der Waals surface area contributed by atoms with Crippen LogP contribution in [0.25, 0.3) is 0 Å². The van der Waals surface area contributed by atoms with Crippen LogP contribution >= 0.6 is 0 Å². The summed E-state index contributed by atoms with van der Waals surface area (Å²) in [5.41, 5.74) is 0. The Kier molecular flexibility index (Phi) is 2.51. The SMILES string of the molecule is c1coc(CC2CCCCC3OC3N2)c1. The average molecular weight is 207 g/mol. The lowest BCUT2D eigenvalue weighted by Crippen LogP contribution is -2.35. The van der Waals surface area contributed by atoms with Gasteiger partial charge in [0.15, 0.2) is 0 Å². The molecule has 0 spiro atoms. The minimum atomic E-state index is 0.324. The highest BCUT2D eigenvalue weighted by Crippen LogP contribution is 2.29. The summed E-state index contributed by atoms with van der Waals surface area (Å²) in [7, 11) is 0. The second-order valence-electron chi connectivity index (χ2n) is 4.53. The van der Waals surface area contributed by atoms with Gasteiger partial charge in [-0.1, -0.05) is 12.8 Å². The van der Waals surface area contributed by atoms with Crippen LogP contribution in [0.4, 0.5) is 0 Å². The summed E-state index contributed by atoms with van der Waals surface area (Å²) < 4.78 is 10.9. The van der Waals surface area contributed by atoms with Crippen LogP contribution in [0.5, 0.6) is 0 Å².